The van der Waals surface area contributed by atoms with Crippen LogP contribution in [0.15, 0.2) is 48.5 Å². The van der Waals surface area contributed by atoms with Gasteiger partial charge in [0.15, 0.2) is 0 Å². The summed E-state index contributed by atoms with van der Waals surface area (Å²) < 4.78 is 5.58. The highest BCUT2D eigenvalue weighted by Crippen LogP contribution is 2.21. The summed E-state index contributed by atoms with van der Waals surface area (Å²) in [7, 11) is 0. The van der Waals surface area contributed by atoms with Crippen LogP contribution in [-0.4, -0.2) is 17.2 Å². The van der Waals surface area contributed by atoms with Gasteiger partial charge in [0.2, 0.25) is 0 Å². The van der Waals surface area contributed by atoms with E-state index in [4.69, 9.17) is 4.74 Å². The molecular weight excluding hydrogens is 276 g/mol. The van der Waals surface area contributed by atoms with E-state index in [2.05, 4.69) is 0 Å². The van der Waals surface area contributed by atoms with Crippen molar-refractivity contribution in [2.24, 2.45) is 0 Å². The largest absolute Gasteiger partial charge is 0.491 e. The van der Waals surface area contributed by atoms with E-state index in [9.17, 15) is 9.90 Å². The Morgan fingerprint density at radius 2 is 1.64 bits per heavy atom. The van der Waals surface area contributed by atoms with Gasteiger partial charge in [0, 0.05) is 0 Å². The van der Waals surface area contributed by atoms with Crippen molar-refractivity contribution in [3.05, 3.63) is 65.2 Å². The minimum Gasteiger partial charge on any atom is -0.491 e. The number of carboxylic acid groups (broad SMARTS) is 1. The predicted molar refractivity (Wildman–Crippen MR) is 88.9 cm³/mol. The molecule has 22 heavy (non-hydrogen) atoms. The molecule has 2 aromatic carbocycles. The molecule has 0 saturated carbocycles. The van der Waals surface area contributed by atoms with E-state index in [0.29, 0.717) is 5.56 Å². The Bertz CT molecular complexity index is 665. The van der Waals surface area contributed by atoms with Gasteiger partial charge in [-0.05, 0) is 50.1 Å². The topological polar surface area (TPSA) is 46.5 Å². The van der Waals surface area contributed by atoms with Crippen molar-refractivity contribution in [1.29, 1.82) is 0 Å². The lowest BCUT2D eigenvalue weighted by Gasteiger charge is -2.09. The predicted octanol–water partition coefficient (Wildman–Crippen LogP) is 4.41. The number of rotatable bonds is 5. The molecule has 1 N–H and O–H groups in total. The first-order valence-electron chi connectivity index (χ1n) is 7.24. The molecule has 0 heterocycles. The van der Waals surface area contributed by atoms with Crippen LogP contribution in [0.5, 0.6) is 5.75 Å². The lowest BCUT2D eigenvalue weighted by molar-refractivity contribution is -0.130. The fourth-order valence-corrected chi connectivity index (χ4v) is 2.08. The zero-order valence-corrected chi connectivity index (χ0v) is 13.0. The highest BCUT2D eigenvalue weighted by atomic mass is 16.5. The van der Waals surface area contributed by atoms with Crippen molar-refractivity contribution >= 4 is 17.6 Å². The fraction of sp³-hybridized carbons (Fsp3) is 0.211. The summed E-state index contributed by atoms with van der Waals surface area (Å²) in [6.07, 6.45) is 1.79. The van der Waals surface area contributed by atoms with E-state index >= 15 is 0 Å². The van der Waals surface area contributed by atoms with Crippen molar-refractivity contribution in [1.82, 2.24) is 0 Å². The zero-order valence-electron chi connectivity index (χ0n) is 13.0. The average molecular weight is 296 g/mol. The van der Waals surface area contributed by atoms with Crippen LogP contribution >= 0.6 is 0 Å². The summed E-state index contributed by atoms with van der Waals surface area (Å²) in [6, 6.07) is 14.9. The minimum absolute atomic E-state index is 0.114. The summed E-state index contributed by atoms with van der Waals surface area (Å²) in [5, 5.41) is 9.44. The standard InChI is InChI=1S/C19H20O3/c1-13(2)22-17-10-6-15(7-11-17)12-18(19(20)21)16-8-4-14(3)5-9-16/h4-13H,1-3H3,(H,20,21)/b18-12-. The zero-order chi connectivity index (χ0) is 16.1. The van der Waals surface area contributed by atoms with Crippen LogP contribution in [0.1, 0.15) is 30.5 Å². The van der Waals surface area contributed by atoms with Crippen LogP contribution in [0.2, 0.25) is 0 Å². The second-order valence-electron chi connectivity index (χ2n) is 5.46. The lowest BCUT2D eigenvalue weighted by Crippen LogP contribution is -2.05. The van der Waals surface area contributed by atoms with E-state index in [1.807, 2.05) is 69.3 Å². The van der Waals surface area contributed by atoms with Crippen LogP contribution in [-0.2, 0) is 4.79 Å². The van der Waals surface area contributed by atoms with Crippen molar-refractivity contribution in [2.75, 3.05) is 0 Å². The van der Waals surface area contributed by atoms with E-state index < -0.39 is 5.97 Å². The van der Waals surface area contributed by atoms with Crippen molar-refractivity contribution in [2.45, 2.75) is 26.9 Å². The van der Waals surface area contributed by atoms with Gasteiger partial charge in [-0.15, -0.1) is 0 Å². The van der Waals surface area contributed by atoms with E-state index in [0.717, 1.165) is 16.9 Å². The molecule has 3 nitrogen and oxygen atoms in total. The van der Waals surface area contributed by atoms with Crippen molar-refractivity contribution in [3.63, 3.8) is 0 Å². The summed E-state index contributed by atoms with van der Waals surface area (Å²) >= 11 is 0. The van der Waals surface area contributed by atoms with Crippen molar-refractivity contribution < 1.29 is 14.6 Å². The number of benzene rings is 2. The van der Waals surface area contributed by atoms with Gasteiger partial charge in [-0.25, -0.2) is 4.79 Å². The number of ether oxygens (including phenoxy) is 1. The molecule has 0 amide bonds. The Balaban J connectivity index is 2.30. The first kappa shape index (κ1) is 15.8. The maximum atomic E-state index is 11.5. The van der Waals surface area contributed by atoms with Gasteiger partial charge in [0.25, 0.3) is 0 Å². The van der Waals surface area contributed by atoms with Crippen molar-refractivity contribution in [3.8, 4) is 5.75 Å². The maximum absolute atomic E-state index is 11.5. The quantitative estimate of drug-likeness (QED) is 0.656. The molecule has 0 aliphatic rings. The number of carboxylic acids is 1. The first-order valence-corrected chi connectivity index (χ1v) is 7.24. The summed E-state index contributed by atoms with van der Waals surface area (Å²) in [4.78, 5) is 11.5. The normalized spacial score (nSPS) is 11.5. The van der Waals surface area contributed by atoms with Crippen LogP contribution in [0, 0.1) is 6.92 Å². The van der Waals surface area contributed by atoms with Gasteiger partial charge < -0.3 is 9.84 Å². The second-order valence-corrected chi connectivity index (χ2v) is 5.46. The number of hydrogen-bond acceptors (Lipinski definition) is 2. The van der Waals surface area contributed by atoms with Crippen LogP contribution in [0.4, 0.5) is 0 Å². The summed E-state index contributed by atoms with van der Waals surface area (Å²) in [5.74, 6) is -0.161. The van der Waals surface area contributed by atoms with Crippen LogP contribution < -0.4 is 4.74 Å². The molecule has 0 aliphatic heterocycles. The van der Waals surface area contributed by atoms with Gasteiger partial charge in [-0.2, -0.15) is 0 Å². The van der Waals surface area contributed by atoms with Gasteiger partial charge in [-0.3, -0.25) is 0 Å². The fourth-order valence-electron chi connectivity index (χ4n) is 2.08. The lowest BCUT2D eigenvalue weighted by atomic mass is 10.0. The molecule has 3 heteroatoms. The van der Waals surface area contributed by atoms with Gasteiger partial charge >= 0.3 is 5.97 Å². The highest BCUT2D eigenvalue weighted by molar-refractivity contribution is 6.20. The Hall–Kier alpha value is -2.55. The number of aryl methyl sites for hydroxylation is 1. The molecule has 0 spiro atoms. The molecule has 0 atom stereocenters. The molecule has 2 aromatic rings. The molecule has 114 valence electrons. The molecule has 0 radical (unpaired) electrons. The highest BCUT2D eigenvalue weighted by Gasteiger charge is 2.10. The molecule has 0 aromatic heterocycles. The molecule has 0 fully saturated rings. The monoisotopic (exact) mass is 296 g/mol. The Morgan fingerprint density at radius 1 is 1.05 bits per heavy atom. The third kappa shape index (κ3) is 4.22. The third-order valence-corrected chi connectivity index (χ3v) is 3.16. The number of hydrogen-bond donors (Lipinski definition) is 1. The van der Waals surface area contributed by atoms with Gasteiger partial charge in [0.05, 0.1) is 11.7 Å². The number of carbonyl (C=O) groups is 1. The molecule has 0 saturated heterocycles. The SMILES string of the molecule is Cc1ccc(/C(=C/c2ccc(OC(C)C)cc2)C(=O)O)cc1. The molecule has 2 rings (SSSR count). The molecule has 0 bridgehead atoms. The van der Waals surface area contributed by atoms with Crippen LogP contribution in [0.3, 0.4) is 0 Å². The Kier molecular flexibility index (Phi) is 4.99. The minimum atomic E-state index is -0.939. The molecule has 0 aliphatic carbocycles. The van der Waals surface area contributed by atoms with Gasteiger partial charge in [-0.1, -0.05) is 42.0 Å². The van der Waals surface area contributed by atoms with E-state index in [-0.39, 0.29) is 11.7 Å². The Labute approximate surface area is 130 Å². The molecular formula is C19H20O3. The molecule has 0 unspecified atom stereocenters. The first-order chi connectivity index (χ1) is 10.5. The average Bonchev–Trinajstić information content (AvgIpc) is 2.47. The van der Waals surface area contributed by atoms with E-state index in [1.165, 1.54) is 0 Å². The van der Waals surface area contributed by atoms with Crippen LogP contribution in [0.25, 0.3) is 11.6 Å². The third-order valence-electron chi connectivity index (χ3n) is 3.16. The summed E-state index contributed by atoms with van der Waals surface area (Å²) in [5.41, 5.74) is 2.90. The van der Waals surface area contributed by atoms with E-state index in [1.54, 1.807) is 6.08 Å². The smallest absolute Gasteiger partial charge is 0.336 e. The second kappa shape index (κ2) is 6.94. The number of aliphatic carboxylic acids is 1. The Morgan fingerprint density at radius 3 is 2.14 bits per heavy atom. The summed E-state index contributed by atoms with van der Waals surface area (Å²) in [6.45, 7) is 5.91. The maximum Gasteiger partial charge on any atom is 0.336 e. The van der Waals surface area contributed by atoms with Gasteiger partial charge in [0.1, 0.15) is 5.75 Å².